The van der Waals surface area contributed by atoms with Crippen LogP contribution < -0.4 is 0 Å². The summed E-state index contributed by atoms with van der Waals surface area (Å²) in [6.07, 6.45) is 1.32. The van der Waals surface area contributed by atoms with Crippen LogP contribution in [0.15, 0.2) is 64.9 Å². The molecule has 5 rings (SSSR count). The molecule has 2 fully saturated rings. The molecule has 1 saturated carbocycles. The van der Waals surface area contributed by atoms with Gasteiger partial charge in [-0.25, -0.2) is 4.79 Å². The fourth-order valence-electron chi connectivity index (χ4n) is 4.63. The first-order chi connectivity index (χ1) is 14.6. The zero-order valence-electron chi connectivity index (χ0n) is 17.4. The maximum atomic E-state index is 12.6. The van der Waals surface area contributed by atoms with Gasteiger partial charge in [0.2, 0.25) is 0 Å². The highest BCUT2D eigenvalue weighted by Gasteiger charge is 2.63. The number of hydrogen-bond acceptors (Lipinski definition) is 6. The van der Waals surface area contributed by atoms with Gasteiger partial charge in [0, 0.05) is 0 Å². The molecule has 6 nitrogen and oxygen atoms in total. The van der Waals surface area contributed by atoms with E-state index in [9.17, 15) is 4.79 Å². The van der Waals surface area contributed by atoms with Crippen molar-refractivity contribution in [2.24, 2.45) is 10.3 Å². The second-order valence-corrected chi connectivity index (χ2v) is 8.84. The Labute approximate surface area is 176 Å². The molecule has 0 aromatic heterocycles. The molecular weight excluding hydrogens is 378 g/mol. The third-order valence-corrected chi connectivity index (χ3v) is 6.49. The van der Waals surface area contributed by atoms with Crippen LogP contribution in [-0.4, -0.2) is 41.4 Å². The highest BCUT2D eigenvalue weighted by Crippen LogP contribution is 2.48. The van der Waals surface area contributed by atoms with Crippen LogP contribution in [0.3, 0.4) is 0 Å². The zero-order valence-corrected chi connectivity index (χ0v) is 17.4. The Balaban J connectivity index is 1.31. The number of esters is 1. The van der Waals surface area contributed by atoms with Gasteiger partial charge in [-0.2, -0.15) is 5.11 Å². The standard InChI is InChI=1S/C24H27N3O3/c1-16(2)18-10-8-17(9-11-18)14-27-22-21(25-26-27)20(12-13-24(22)15-29-24)30-23(28)19-6-4-3-5-7-19/h3-11,16,20-22H,12-15H2,1-2H3. The molecule has 1 spiro atoms. The van der Waals surface area contributed by atoms with Crippen molar-refractivity contribution in [1.29, 1.82) is 0 Å². The van der Waals surface area contributed by atoms with E-state index < -0.39 is 0 Å². The zero-order chi connectivity index (χ0) is 20.7. The largest absolute Gasteiger partial charge is 0.456 e. The van der Waals surface area contributed by atoms with Crippen molar-refractivity contribution in [2.45, 2.75) is 62.9 Å². The molecule has 2 aromatic rings. The van der Waals surface area contributed by atoms with Gasteiger partial charge in [-0.15, -0.1) is 0 Å². The van der Waals surface area contributed by atoms with Gasteiger partial charge in [-0.3, -0.25) is 5.01 Å². The lowest BCUT2D eigenvalue weighted by atomic mass is 9.79. The minimum Gasteiger partial charge on any atom is -0.456 e. The average molecular weight is 405 g/mol. The Hall–Kier alpha value is -2.73. The summed E-state index contributed by atoms with van der Waals surface area (Å²) in [6.45, 7) is 5.79. The third kappa shape index (κ3) is 3.49. The van der Waals surface area contributed by atoms with Gasteiger partial charge in [0.1, 0.15) is 23.8 Å². The molecule has 3 aliphatic rings. The smallest absolute Gasteiger partial charge is 0.338 e. The van der Waals surface area contributed by atoms with Crippen molar-refractivity contribution in [3.63, 3.8) is 0 Å². The van der Waals surface area contributed by atoms with Crippen LogP contribution in [-0.2, 0) is 16.0 Å². The van der Waals surface area contributed by atoms with Crippen LogP contribution in [0, 0.1) is 0 Å². The summed E-state index contributed by atoms with van der Waals surface area (Å²) < 4.78 is 11.8. The van der Waals surface area contributed by atoms with Crippen LogP contribution in [0.4, 0.5) is 0 Å². The van der Waals surface area contributed by atoms with Crippen molar-refractivity contribution in [1.82, 2.24) is 5.01 Å². The monoisotopic (exact) mass is 405 g/mol. The number of carbonyl (C=O) groups excluding carboxylic acids is 1. The van der Waals surface area contributed by atoms with E-state index in [1.807, 2.05) is 23.2 Å². The summed E-state index contributed by atoms with van der Waals surface area (Å²) in [5.41, 5.74) is 2.88. The maximum absolute atomic E-state index is 12.6. The molecule has 2 aromatic carbocycles. The van der Waals surface area contributed by atoms with Crippen molar-refractivity contribution in [3.8, 4) is 0 Å². The lowest BCUT2D eigenvalue weighted by Gasteiger charge is -2.38. The molecule has 0 N–H and O–H groups in total. The van der Waals surface area contributed by atoms with Crippen molar-refractivity contribution in [3.05, 3.63) is 71.3 Å². The minimum absolute atomic E-state index is 0.00426. The van der Waals surface area contributed by atoms with E-state index in [2.05, 4.69) is 48.5 Å². The van der Waals surface area contributed by atoms with Gasteiger partial charge in [0.05, 0.1) is 18.7 Å². The molecule has 4 unspecified atom stereocenters. The molecule has 4 atom stereocenters. The third-order valence-electron chi connectivity index (χ3n) is 6.49. The second-order valence-electron chi connectivity index (χ2n) is 8.84. The SMILES string of the molecule is CC(C)c1ccc(CN2N=NC3C(OC(=O)c4ccccc4)CCC4(CO4)C32)cc1. The predicted octanol–water partition coefficient (Wildman–Crippen LogP) is 4.52. The first-order valence-electron chi connectivity index (χ1n) is 10.7. The van der Waals surface area contributed by atoms with Crippen LogP contribution in [0.2, 0.25) is 0 Å². The van der Waals surface area contributed by atoms with Crippen molar-refractivity contribution < 1.29 is 14.3 Å². The first kappa shape index (κ1) is 19.2. The van der Waals surface area contributed by atoms with E-state index >= 15 is 0 Å². The van der Waals surface area contributed by atoms with Gasteiger partial charge < -0.3 is 9.47 Å². The van der Waals surface area contributed by atoms with E-state index in [1.165, 1.54) is 11.1 Å². The lowest BCUT2D eigenvalue weighted by Crippen LogP contribution is -2.55. The number of carbonyl (C=O) groups is 1. The minimum atomic E-state index is -0.301. The molecule has 0 bridgehead atoms. The lowest BCUT2D eigenvalue weighted by molar-refractivity contribution is -0.0155. The number of ether oxygens (including phenoxy) is 2. The maximum Gasteiger partial charge on any atom is 0.338 e. The molecule has 156 valence electrons. The van der Waals surface area contributed by atoms with E-state index in [4.69, 9.17) is 9.47 Å². The molecule has 0 amide bonds. The normalized spacial score (nSPS) is 29.3. The van der Waals surface area contributed by atoms with Crippen molar-refractivity contribution in [2.75, 3.05) is 6.61 Å². The van der Waals surface area contributed by atoms with Crippen LogP contribution in [0.25, 0.3) is 0 Å². The highest BCUT2D eigenvalue weighted by atomic mass is 16.6. The fourth-order valence-corrected chi connectivity index (χ4v) is 4.63. The van der Waals surface area contributed by atoms with Gasteiger partial charge in [0.15, 0.2) is 0 Å². The van der Waals surface area contributed by atoms with Gasteiger partial charge in [-0.05, 0) is 42.0 Å². The van der Waals surface area contributed by atoms with Crippen molar-refractivity contribution >= 4 is 5.97 Å². The number of benzene rings is 2. The Morgan fingerprint density at radius 2 is 1.93 bits per heavy atom. The van der Waals surface area contributed by atoms with Gasteiger partial charge >= 0.3 is 5.97 Å². The summed E-state index contributed by atoms with van der Waals surface area (Å²) in [6, 6.07) is 17.6. The molecule has 0 radical (unpaired) electrons. The summed E-state index contributed by atoms with van der Waals surface area (Å²) in [5.74, 6) is 0.210. The second kappa shape index (κ2) is 7.51. The highest BCUT2D eigenvalue weighted by molar-refractivity contribution is 5.89. The van der Waals surface area contributed by atoms with Gasteiger partial charge in [-0.1, -0.05) is 61.5 Å². The molecule has 6 heteroatoms. The molecule has 2 aliphatic heterocycles. The first-order valence-corrected chi connectivity index (χ1v) is 10.7. The van der Waals surface area contributed by atoms with E-state index in [1.54, 1.807) is 12.1 Å². The Kier molecular flexibility index (Phi) is 4.82. The number of nitrogens with zero attached hydrogens (tertiary/aromatic N) is 3. The Bertz CT molecular complexity index is 938. The summed E-state index contributed by atoms with van der Waals surface area (Å²) in [5, 5.41) is 11.1. The average Bonchev–Trinajstić information content (AvgIpc) is 3.41. The Morgan fingerprint density at radius 3 is 2.60 bits per heavy atom. The molecule has 1 saturated heterocycles. The Morgan fingerprint density at radius 1 is 1.20 bits per heavy atom. The summed E-state index contributed by atoms with van der Waals surface area (Å²) in [4.78, 5) is 12.6. The number of hydrogen-bond donors (Lipinski definition) is 0. The van der Waals surface area contributed by atoms with E-state index in [-0.39, 0.29) is 29.8 Å². The van der Waals surface area contributed by atoms with Crippen LogP contribution in [0.5, 0.6) is 0 Å². The number of fused-ring (bicyclic) bond motifs is 2. The van der Waals surface area contributed by atoms with E-state index in [0.29, 0.717) is 18.0 Å². The molecule has 2 heterocycles. The van der Waals surface area contributed by atoms with E-state index in [0.717, 1.165) is 19.4 Å². The quantitative estimate of drug-likeness (QED) is 0.542. The fraction of sp³-hybridized carbons (Fsp3) is 0.458. The predicted molar refractivity (Wildman–Crippen MR) is 112 cm³/mol. The molecule has 1 aliphatic carbocycles. The summed E-state index contributed by atoms with van der Waals surface area (Å²) in [7, 11) is 0. The molecule has 30 heavy (non-hydrogen) atoms. The molecular formula is C24H27N3O3. The number of epoxide rings is 1. The van der Waals surface area contributed by atoms with Crippen LogP contribution in [0.1, 0.15) is 54.1 Å². The van der Waals surface area contributed by atoms with Crippen LogP contribution >= 0.6 is 0 Å². The topological polar surface area (TPSA) is 66.8 Å². The van der Waals surface area contributed by atoms with Gasteiger partial charge in [0.25, 0.3) is 0 Å². The summed E-state index contributed by atoms with van der Waals surface area (Å²) >= 11 is 0. The number of rotatable bonds is 5.